The number of hydrogen-bond donors (Lipinski definition) is 2. The molecule has 0 amide bonds. The zero-order chi connectivity index (χ0) is 14.5. The molecule has 2 aromatic rings. The van der Waals surface area contributed by atoms with E-state index in [1.807, 2.05) is 30.3 Å². The highest BCUT2D eigenvalue weighted by atomic mass is 16.5. The number of phenols is 1. The van der Waals surface area contributed by atoms with Crippen LogP contribution in [-0.2, 0) is 11.3 Å². The highest BCUT2D eigenvalue weighted by Crippen LogP contribution is 2.26. The van der Waals surface area contributed by atoms with E-state index in [0.717, 1.165) is 44.2 Å². The summed E-state index contributed by atoms with van der Waals surface area (Å²) in [5.74, 6) is 0.259. The van der Waals surface area contributed by atoms with Crippen molar-refractivity contribution in [1.82, 2.24) is 4.90 Å². The van der Waals surface area contributed by atoms with Crippen LogP contribution < -0.4 is 5.32 Å². The Balaban J connectivity index is 1.62. The summed E-state index contributed by atoms with van der Waals surface area (Å²) in [6, 6.07) is 15.6. The molecule has 3 rings (SSSR count). The zero-order valence-electron chi connectivity index (χ0n) is 12.0. The molecule has 0 aromatic heterocycles. The standard InChI is InChI=1S/C17H20N2O2/c20-17-4-2-1-3-16(17)18-15-7-5-14(6-8-15)13-19-9-11-21-12-10-19/h1-8,18,20H,9-13H2. The molecule has 110 valence electrons. The van der Waals surface area contributed by atoms with E-state index in [4.69, 9.17) is 4.74 Å². The second-order valence-electron chi connectivity index (χ2n) is 5.23. The van der Waals surface area contributed by atoms with Crippen LogP contribution in [0, 0.1) is 0 Å². The maximum atomic E-state index is 9.76. The van der Waals surface area contributed by atoms with Crippen LogP contribution in [0.3, 0.4) is 0 Å². The number of rotatable bonds is 4. The summed E-state index contributed by atoms with van der Waals surface area (Å²) in [6.07, 6.45) is 0. The number of benzene rings is 2. The van der Waals surface area contributed by atoms with Gasteiger partial charge in [0.15, 0.2) is 0 Å². The molecule has 1 aliphatic rings. The number of anilines is 2. The van der Waals surface area contributed by atoms with Gasteiger partial charge >= 0.3 is 0 Å². The number of morpholine rings is 1. The minimum Gasteiger partial charge on any atom is -0.506 e. The molecular weight excluding hydrogens is 264 g/mol. The smallest absolute Gasteiger partial charge is 0.139 e. The highest BCUT2D eigenvalue weighted by Gasteiger charge is 2.10. The SMILES string of the molecule is Oc1ccccc1Nc1ccc(CN2CCOCC2)cc1. The molecule has 4 heteroatoms. The molecule has 1 aliphatic heterocycles. The molecule has 1 fully saturated rings. The molecule has 0 aliphatic carbocycles. The van der Waals surface area contributed by atoms with Gasteiger partial charge in [-0.3, -0.25) is 4.90 Å². The molecular formula is C17H20N2O2. The largest absolute Gasteiger partial charge is 0.506 e. The predicted octanol–water partition coefficient (Wildman–Crippen LogP) is 2.97. The first kappa shape index (κ1) is 13.9. The van der Waals surface area contributed by atoms with Gasteiger partial charge in [0.25, 0.3) is 0 Å². The van der Waals surface area contributed by atoms with Crippen molar-refractivity contribution in [1.29, 1.82) is 0 Å². The van der Waals surface area contributed by atoms with Crippen molar-refractivity contribution in [3.63, 3.8) is 0 Å². The van der Waals surface area contributed by atoms with Crippen LogP contribution in [-0.4, -0.2) is 36.3 Å². The zero-order valence-corrected chi connectivity index (χ0v) is 12.0. The lowest BCUT2D eigenvalue weighted by molar-refractivity contribution is 0.0342. The summed E-state index contributed by atoms with van der Waals surface area (Å²) >= 11 is 0. The molecule has 1 saturated heterocycles. The average Bonchev–Trinajstić information content (AvgIpc) is 2.52. The highest BCUT2D eigenvalue weighted by molar-refractivity contribution is 5.65. The van der Waals surface area contributed by atoms with Gasteiger partial charge in [0, 0.05) is 25.3 Å². The number of phenolic OH excluding ortho intramolecular Hbond substituents is 1. The monoisotopic (exact) mass is 284 g/mol. The van der Waals surface area contributed by atoms with E-state index in [9.17, 15) is 5.11 Å². The number of hydrogen-bond acceptors (Lipinski definition) is 4. The number of aromatic hydroxyl groups is 1. The lowest BCUT2D eigenvalue weighted by atomic mass is 10.2. The number of nitrogens with one attached hydrogen (secondary N) is 1. The molecule has 0 saturated carbocycles. The third-order valence-electron chi connectivity index (χ3n) is 3.65. The molecule has 0 unspecified atom stereocenters. The first-order valence-corrected chi connectivity index (χ1v) is 7.25. The molecule has 0 atom stereocenters. The van der Waals surface area contributed by atoms with Crippen LogP contribution in [0.5, 0.6) is 5.75 Å². The van der Waals surface area contributed by atoms with Crippen LogP contribution in [0.15, 0.2) is 48.5 Å². The summed E-state index contributed by atoms with van der Waals surface area (Å²) in [6.45, 7) is 4.61. The Morgan fingerprint density at radius 3 is 2.43 bits per heavy atom. The maximum Gasteiger partial charge on any atom is 0.139 e. The first-order valence-electron chi connectivity index (χ1n) is 7.25. The topological polar surface area (TPSA) is 44.7 Å². The second kappa shape index (κ2) is 6.61. The summed E-state index contributed by atoms with van der Waals surface area (Å²) in [5.41, 5.74) is 2.99. The van der Waals surface area contributed by atoms with E-state index in [1.165, 1.54) is 5.56 Å². The van der Waals surface area contributed by atoms with E-state index in [2.05, 4.69) is 22.3 Å². The lowest BCUT2D eigenvalue weighted by Crippen LogP contribution is -2.35. The van der Waals surface area contributed by atoms with Gasteiger partial charge in [-0.05, 0) is 29.8 Å². The summed E-state index contributed by atoms with van der Waals surface area (Å²) in [7, 11) is 0. The molecule has 21 heavy (non-hydrogen) atoms. The van der Waals surface area contributed by atoms with E-state index in [1.54, 1.807) is 6.07 Å². The van der Waals surface area contributed by atoms with Crippen LogP contribution in [0.1, 0.15) is 5.56 Å². The number of para-hydroxylation sites is 2. The Hall–Kier alpha value is -2.04. The summed E-state index contributed by atoms with van der Waals surface area (Å²) in [5, 5.41) is 13.0. The third-order valence-corrected chi connectivity index (χ3v) is 3.65. The minimum atomic E-state index is 0.259. The van der Waals surface area contributed by atoms with Crippen molar-refractivity contribution in [2.24, 2.45) is 0 Å². The minimum absolute atomic E-state index is 0.259. The molecule has 0 bridgehead atoms. The second-order valence-corrected chi connectivity index (χ2v) is 5.23. The molecule has 2 N–H and O–H groups in total. The van der Waals surface area contributed by atoms with Gasteiger partial charge in [-0.15, -0.1) is 0 Å². The maximum absolute atomic E-state index is 9.76. The van der Waals surface area contributed by atoms with E-state index in [0.29, 0.717) is 0 Å². The Morgan fingerprint density at radius 1 is 1.00 bits per heavy atom. The van der Waals surface area contributed by atoms with E-state index >= 15 is 0 Å². The van der Waals surface area contributed by atoms with Crippen LogP contribution in [0.25, 0.3) is 0 Å². The van der Waals surface area contributed by atoms with Crippen LogP contribution in [0.4, 0.5) is 11.4 Å². The molecule has 4 nitrogen and oxygen atoms in total. The van der Waals surface area contributed by atoms with E-state index in [-0.39, 0.29) is 5.75 Å². The third kappa shape index (κ3) is 3.74. The van der Waals surface area contributed by atoms with Gasteiger partial charge < -0.3 is 15.2 Å². The Labute approximate surface area is 125 Å². The number of ether oxygens (including phenoxy) is 1. The Kier molecular flexibility index (Phi) is 4.38. The van der Waals surface area contributed by atoms with Gasteiger partial charge in [-0.2, -0.15) is 0 Å². The van der Waals surface area contributed by atoms with Crippen LogP contribution >= 0.6 is 0 Å². The van der Waals surface area contributed by atoms with Gasteiger partial charge in [0.1, 0.15) is 5.75 Å². The lowest BCUT2D eigenvalue weighted by Gasteiger charge is -2.26. The Morgan fingerprint density at radius 2 is 1.71 bits per heavy atom. The average molecular weight is 284 g/mol. The summed E-state index contributed by atoms with van der Waals surface area (Å²) in [4.78, 5) is 2.40. The van der Waals surface area contributed by atoms with Crippen molar-refractivity contribution in [2.45, 2.75) is 6.54 Å². The molecule has 0 spiro atoms. The van der Waals surface area contributed by atoms with Crippen LogP contribution in [0.2, 0.25) is 0 Å². The van der Waals surface area contributed by atoms with Crippen molar-refractivity contribution >= 4 is 11.4 Å². The first-order chi connectivity index (χ1) is 10.3. The fourth-order valence-corrected chi connectivity index (χ4v) is 2.45. The fourth-order valence-electron chi connectivity index (χ4n) is 2.45. The Bertz CT molecular complexity index is 578. The van der Waals surface area contributed by atoms with Gasteiger partial charge in [0.05, 0.1) is 18.9 Å². The summed E-state index contributed by atoms with van der Waals surface area (Å²) < 4.78 is 5.36. The molecule has 2 aromatic carbocycles. The molecule has 1 heterocycles. The van der Waals surface area contributed by atoms with Crippen molar-refractivity contribution < 1.29 is 9.84 Å². The van der Waals surface area contributed by atoms with Crippen molar-refractivity contribution in [3.05, 3.63) is 54.1 Å². The normalized spacial score (nSPS) is 15.8. The van der Waals surface area contributed by atoms with E-state index < -0.39 is 0 Å². The van der Waals surface area contributed by atoms with Crippen molar-refractivity contribution in [2.75, 3.05) is 31.6 Å². The van der Waals surface area contributed by atoms with Gasteiger partial charge in [-0.25, -0.2) is 0 Å². The molecule has 0 radical (unpaired) electrons. The van der Waals surface area contributed by atoms with Gasteiger partial charge in [0.2, 0.25) is 0 Å². The predicted molar refractivity (Wildman–Crippen MR) is 83.9 cm³/mol. The van der Waals surface area contributed by atoms with Gasteiger partial charge in [-0.1, -0.05) is 24.3 Å². The van der Waals surface area contributed by atoms with Crippen molar-refractivity contribution in [3.8, 4) is 5.75 Å². The number of nitrogens with zero attached hydrogens (tertiary/aromatic N) is 1. The quantitative estimate of drug-likeness (QED) is 0.847. The fraction of sp³-hybridized carbons (Fsp3) is 0.294.